The first-order valence-corrected chi connectivity index (χ1v) is 11.4. The molecule has 0 unspecified atom stereocenters. The first-order valence-electron chi connectivity index (χ1n) is 10.6. The van der Waals surface area contributed by atoms with Crippen molar-refractivity contribution in [2.75, 3.05) is 46.5 Å². The minimum absolute atomic E-state index is 0.0551. The molecule has 0 aromatic heterocycles. The number of ether oxygens (including phenoxy) is 2. The number of carbonyl (C=O) groups is 2. The minimum atomic E-state index is -0.787. The summed E-state index contributed by atoms with van der Waals surface area (Å²) in [6, 6.07) is 10.9. The molecule has 2 saturated heterocycles. The van der Waals surface area contributed by atoms with E-state index in [-0.39, 0.29) is 16.9 Å². The lowest BCUT2D eigenvalue weighted by Crippen LogP contribution is -2.42. The Bertz CT molecular complexity index is 1100. The van der Waals surface area contributed by atoms with Crippen molar-refractivity contribution in [3.05, 3.63) is 63.6 Å². The standard InChI is InChI=1S/C24H25BrN2O6/c1-32-17-5-6-18(19(28)14-17)22(29)20-21(15-3-2-4-16(25)13-15)27(24(31)23(20)30)8-7-26-9-11-33-12-10-26/h2-6,13-14,21,28-29H,7-12H2,1H3/t21-/m1/s1. The number of carbonyl (C=O) groups excluding carboxylic acids is 2. The summed E-state index contributed by atoms with van der Waals surface area (Å²) in [5, 5.41) is 21.6. The van der Waals surface area contributed by atoms with Crippen LogP contribution in [0.15, 0.2) is 52.5 Å². The van der Waals surface area contributed by atoms with E-state index >= 15 is 0 Å². The van der Waals surface area contributed by atoms with Crippen LogP contribution in [-0.2, 0) is 14.3 Å². The van der Waals surface area contributed by atoms with Gasteiger partial charge in [-0.25, -0.2) is 0 Å². The zero-order chi connectivity index (χ0) is 23.5. The maximum Gasteiger partial charge on any atom is 0.295 e. The minimum Gasteiger partial charge on any atom is -0.507 e. The predicted octanol–water partition coefficient (Wildman–Crippen LogP) is 2.92. The lowest BCUT2D eigenvalue weighted by atomic mass is 9.95. The summed E-state index contributed by atoms with van der Waals surface area (Å²) in [7, 11) is 1.46. The Kier molecular flexibility index (Phi) is 7.02. The number of ketones is 1. The van der Waals surface area contributed by atoms with Gasteiger partial charge in [-0.15, -0.1) is 0 Å². The van der Waals surface area contributed by atoms with Crippen LogP contribution in [0.25, 0.3) is 5.76 Å². The molecule has 0 bridgehead atoms. The van der Waals surface area contributed by atoms with Crippen LogP contribution in [0, 0.1) is 0 Å². The number of rotatable bonds is 6. The van der Waals surface area contributed by atoms with E-state index in [2.05, 4.69) is 20.8 Å². The number of phenolic OH excluding ortho intramolecular Hbond substituents is 1. The molecule has 8 nitrogen and oxygen atoms in total. The maximum absolute atomic E-state index is 13.1. The van der Waals surface area contributed by atoms with Crippen molar-refractivity contribution >= 4 is 33.4 Å². The number of nitrogens with zero attached hydrogens (tertiary/aromatic N) is 2. The van der Waals surface area contributed by atoms with Crippen LogP contribution in [0.5, 0.6) is 11.5 Å². The highest BCUT2D eigenvalue weighted by atomic mass is 79.9. The number of phenols is 1. The number of benzene rings is 2. The van der Waals surface area contributed by atoms with E-state index in [9.17, 15) is 19.8 Å². The van der Waals surface area contributed by atoms with Crippen molar-refractivity contribution in [1.29, 1.82) is 0 Å². The molecule has 174 valence electrons. The molecule has 9 heteroatoms. The number of hydrogen-bond donors (Lipinski definition) is 2. The van der Waals surface area contributed by atoms with Crippen molar-refractivity contribution in [1.82, 2.24) is 9.80 Å². The quantitative estimate of drug-likeness (QED) is 0.346. The summed E-state index contributed by atoms with van der Waals surface area (Å²) in [4.78, 5) is 29.9. The Labute approximate surface area is 200 Å². The Morgan fingerprint density at radius 3 is 2.58 bits per heavy atom. The fraction of sp³-hybridized carbons (Fsp3) is 0.333. The van der Waals surface area contributed by atoms with E-state index in [0.717, 1.165) is 17.6 Å². The van der Waals surface area contributed by atoms with Crippen molar-refractivity contribution in [3.8, 4) is 11.5 Å². The number of likely N-dealkylation sites (tertiary alicyclic amines) is 1. The van der Waals surface area contributed by atoms with Crippen molar-refractivity contribution in [2.24, 2.45) is 0 Å². The molecular formula is C24H25BrN2O6. The monoisotopic (exact) mass is 516 g/mol. The van der Waals surface area contributed by atoms with Crippen LogP contribution in [-0.4, -0.2) is 78.2 Å². The molecule has 2 aliphatic heterocycles. The first-order chi connectivity index (χ1) is 15.9. The molecule has 2 aromatic rings. The summed E-state index contributed by atoms with van der Waals surface area (Å²) in [6.07, 6.45) is 0. The van der Waals surface area contributed by atoms with Gasteiger partial charge in [0.05, 0.1) is 37.5 Å². The molecule has 0 spiro atoms. The second kappa shape index (κ2) is 9.94. The molecule has 1 amide bonds. The van der Waals surface area contributed by atoms with Crippen LogP contribution in [0.2, 0.25) is 0 Å². The van der Waals surface area contributed by atoms with Gasteiger partial charge in [0.15, 0.2) is 0 Å². The number of aromatic hydroxyl groups is 1. The highest BCUT2D eigenvalue weighted by Gasteiger charge is 2.46. The number of morpholine rings is 1. The second-order valence-corrected chi connectivity index (χ2v) is 8.80. The molecule has 2 aromatic carbocycles. The number of hydrogen-bond acceptors (Lipinski definition) is 7. The maximum atomic E-state index is 13.1. The van der Waals surface area contributed by atoms with Gasteiger partial charge in [0.2, 0.25) is 0 Å². The molecule has 4 rings (SSSR count). The lowest BCUT2D eigenvalue weighted by molar-refractivity contribution is -0.140. The third-order valence-corrected chi connectivity index (χ3v) is 6.42. The number of methoxy groups -OCH3 is 1. The molecule has 2 aliphatic rings. The average molecular weight is 517 g/mol. The van der Waals surface area contributed by atoms with Crippen molar-refractivity contribution < 1.29 is 29.3 Å². The molecule has 33 heavy (non-hydrogen) atoms. The van der Waals surface area contributed by atoms with E-state index in [1.165, 1.54) is 24.1 Å². The SMILES string of the molecule is COc1ccc(C(O)=C2C(=O)C(=O)N(CCN3CCOCC3)[C@@H]2c2cccc(Br)c2)c(O)c1. The van der Waals surface area contributed by atoms with Crippen LogP contribution >= 0.6 is 15.9 Å². The van der Waals surface area contributed by atoms with Gasteiger partial charge < -0.3 is 24.6 Å². The fourth-order valence-corrected chi connectivity index (χ4v) is 4.61. The van der Waals surface area contributed by atoms with Crippen LogP contribution in [0.3, 0.4) is 0 Å². The summed E-state index contributed by atoms with van der Waals surface area (Å²) >= 11 is 3.45. The van der Waals surface area contributed by atoms with Gasteiger partial charge >= 0.3 is 0 Å². The van der Waals surface area contributed by atoms with E-state index in [0.29, 0.717) is 37.6 Å². The Hall–Kier alpha value is -2.88. The van der Waals surface area contributed by atoms with Crippen LogP contribution in [0.4, 0.5) is 0 Å². The molecule has 2 fully saturated rings. The normalized spacial score (nSPS) is 20.9. The summed E-state index contributed by atoms with van der Waals surface area (Å²) in [6.45, 7) is 3.66. The van der Waals surface area contributed by atoms with E-state index < -0.39 is 23.5 Å². The van der Waals surface area contributed by atoms with E-state index in [4.69, 9.17) is 9.47 Å². The van der Waals surface area contributed by atoms with Gasteiger partial charge in [-0.1, -0.05) is 28.1 Å². The Balaban J connectivity index is 1.76. The number of Topliss-reactive ketones (excluding diaryl/α,β-unsaturated/α-hetero) is 1. The second-order valence-electron chi connectivity index (χ2n) is 7.88. The average Bonchev–Trinajstić information content (AvgIpc) is 3.07. The molecule has 0 radical (unpaired) electrons. The predicted molar refractivity (Wildman–Crippen MR) is 125 cm³/mol. The fourth-order valence-electron chi connectivity index (χ4n) is 4.19. The van der Waals surface area contributed by atoms with Crippen molar-refractivity contribution in [2.45, 2.75) is 6.04 Å². The third-order valence-electron chi connectivity index (χ3n) is 5.93. The molecule has 2 heterocycles. The number of aliphatic hydroxyl groups excluding tert-OH is 1. The topological polar surface area (TPSA) is 99.5 Å². The van der Waals surface area contributed by atoms with Gasteiger partial charge in [0, 0.05) is 36.7 Å². The zero-order valence-corrected chi connectivity index (χ0v) is 19.7. The number of aliphatic hydroxyl groups is 1. The summed E-state index contributed by atoms with van der Waals surface area (Å²) in [5.74, 6) is -1.73. The molecular weight excluding hydrogens is 492 g/mol. The van der Waals surface area contributed by atoms with Gasteiger partial charge in [0.1, 0.15) is 17.3 Å². The van der Waals surface area contributed by atoms with Gasteiger partial charge in [-0.05, 0) is 29.8 Å². The molecule has 0 saturated carbocycles. The van der Waals surface area contributed by atoms with E-state index in [1.807, 2.05) is 24.3 Å². The van der Waals surface area contributed by atoms with E-state index in [1.54, 1.807) is 6.07 Å². The highest BCUT2D eigenvalue weighted by molar-refractivity contribution is 9.10. The highest BCUT2D eigenvalue weighted by Crippen LogP contribution is 2.41. The molecule has 1 atom stereocenters. The van der Waals surface area contributed by atoms with Crippen LogP contribution in [0.1, 0.15) is 17.2 Å². The van der Waals surface area contributed by atoms with Gasteiger partial charge in [0.25, 0.3) is 11.7 Å². The van der Waals surface area contributed by atoms with Crippen LogP contribution < -0.4 is 4.74 Å². The molecule has 2 N–H and O–H groups in total. The smallest absolute Gasteiger partial charge is 0.295 e. The zero-order valence-electron chi connectivity index (χ0n) is 18.2. The first kappa shape index (κ1) is 23.3. The summed E-state index contributed by atoms with van der Waals surface area (Å²) in [5.41, 5.74) is 0.683. The van der Waals surface area contributed by atoms with Crippen molar-refractivity contribution in [3.63, 3.8) is 0 Å². The Morgan fingerprint density at radius 1 is 1.15 bits per heavy atom. The number of amides is 1. The van der Waals surface area contributed by atoms with Gasteiger partial charge in [-0.3, -0.25) is 14.5 Å². The number of halogens is 1. The van der Waals surface area contributed by atoms with Gasteiger partial charge in [-0.2, -0.15) is 0 Å². The lowest BCUT2D eigenvalue weighted by Gasteiger charge is -2.31. The molecule has 0 aliphatic carbocycles. The largest absolute Gasteiger partial charge is 0.507 e. The Morgan fingerprint density at radius 2 is 1.91 bits per heavy atom. The third kappa shape index (κ3) is 4.75. The summed E-state index contributed by atoms with van der Waals surface area (Å²) < 4.78 is 11.3.